The number of hydrogen-bond acceptors (Lipinski definition) is 5. The largest absolute Gasteiger partial charge is 0.391 e. The zero-order chi connectivity index (χ0) is 21.4. The van der Waals surface area contributed by atoms with Crippen LogP contribution in [0.2, 0.25) is 0 Å². The first kappa shape index (κ1) is 20.2. The number of amides is 1. The number of aromatic nitrogens is 3. The molecule has 1 aliphatic rings. The van der Waals surface area contributed by atoms with E-state index >= 15 is 0 Å². The maximum absolute atomic E-state index is 12.9. The van der Waals surface area contributed by atoms with Crippen LogP contribution >= 0.6 is 0 Å². The van der Waals surface area contributed by atoms with E-state index < -0.39 is 6.10 Å². The van der Waals surface area contributed by atoms with E-state index in [0.717, 1.165) is 16.5 Å². The van der Waals surface area contributed by atoms with Crippen LogP contribution < -0.4 is 0 Å². The molecule has 1 aromatic carbocycles. The van der Waals surface area contributed by atoms with Gasteiger partial charge < -0.3 is 10.0 Å². The van der Waals surface area contributed by atoms with Gasteiger partial charge in [-0.1, -0.05) is 18.2 Å². The lowest BCUT2D eigenvalue weighted by molar-refractivity contribution is -0.131. The van der Waals surface area contributed by atoms with Crippen LogP contribution in [0.4, 0.5) is 0 Å². The van der Waals surface area contributed by atoms with Gasteiger partial charge in [-0.3, -0.25) is 19.3 Å². The third-order valence-corrected chi connectivity index (χ3v) is 6.00. The number of aliphatic hydroxyl groups excluding tert-OH is 1. The number of carbonyl (C=O) groups excluding carboxylic acids is 2. The van der Waals surface area contributed by atoms with E-state index in [9.17, 15) is 14.7 Å². The molecule has 0 bridgehead atoms. The Morgan fingerprint density at radius 1 is 1.17 bits per heavy atom. The van der Waals surface area contributed by atoms with Crippen molar-refractivity contribution in [1.29, 1.82) is 0 Å². The molecule has 0 saturated carbocycles. The van der Waals surface area contributed by atoms with Crippen LogP contribution in [-0.4, -0.2) is 55.7 Å². The highest BCUT2D eigenvalue weighted by Crippen LogP contribution is 2.26. The van der Waals surface area contributed by atoms with Gasteiger partial charge in [-0.25, -0.2) is 0 Å². The first-order valence-electron chi connectivity index (χ1n) is 10.2. The normalized spacial score (nSPS) is 18.9. The molecule has 30 heavy (non-hydrogen) atoms. The lowest BCUT2D eigenvalue weighted by Gasteiger charge is -2.17. The van der Waals surface area contributed by atoms with Crippen LogP contribution in [0.1, 0.15) is 34.2 Å². The molecule has 0 spiro atoms. The van der Waals surface area contributed by atoms with Crippen molar-refractivity contribution in [3.05, 3.63) is 59.0 Å². The standard InChI is InChI=1S/C23H26N4O3/c1-14-23(16(3)28)15(2)27(25-14)13-22(30)26-11-18(21(29)12-26)10-17-8-9-24-20-7-5-4-6-19(17)20/h4-9,18,21,29H,10-13H2,1-3H3/t18-,21-/m1/s1. The van der Waals surface area contributed by atoms with Crippen molar-refractivity contribution < 1.29 is 14.7 Å². The molecule has 1 amide bonds. The summed E-state index contributed by atoms with van der Waals surface area (Å²) in [5.41, 5.74) is 3.97. The Hall–Kier alpha value is -3.06. The number of aryl methyl sites for hydroxylation is 1. The first-order valence-corrected chi connectivity index (χ1v) is 10.2. The predicted octanol–water partition coefficient (Wildman–Crippen LogP) is 2.31. The van der Waals surface area contributed by atoms with Crippen LogP contribution in [0.25, 0.3) is 10.9 Å². The quantitative estimate of drug-likeness (QED) is 0.657. The summed E-state index contributed by atoms with van der Waals surface area (Å²) in [6.45, 7) is 5.96. The SMILES string of the molecule is CC(=O)c1c(C)nn(CC(=O)N2C[C@@H](Cc3ccnc4ccccc34)[C@H](O)C2)c1C. The Balaban J connectivity index is 1.47. The molecule has 1 fully saturated rings. The summed E-state index contributed by atoms with van der Waals surface area (Å²) in [5, 5.41) is 16.0. The van der Waals surface area contributed by atoms with Gasteiger partial charge in [0.25, 0.3) is 0 Å². The summed E-state index contributed by atoms with van der Waals surface area (Å²) < 4.78 is 1.59. The second-order valence-electron chi connectivity index (χ2n) is 8.08. The van der Waals surface area contributed by atoms with Gasteiger partial charge in [0.2, 0.25) is 5.91 Å². The van der Waals surface area contributed by atoms with Gasteiger partial charge in [0.1, 0.15) is 6.54 Å². The minimum absolute atomic E-state index is 0.0343. The van der Waals surface area contributed by atoms with Crippen molar-refractivity contribution in [3.63, 3.8) is 0 Å². The highest BCUT2D eigenvalue weighted by atomic mass is 16.3. The van der Waals surface area contributed by atoms with E-state index in [1.54, 1.807) is 29.6 Å². The second-order valence-corrected chi connectivity index (χ2v) is 8.08. The predicted molar refractivity (Wildman–Crippen MR) is 113 cm³/mol. The molecule has 1 aliphatic heterocycles. The number of pyridine rings is 1. The maximum atomic E-state index is 12.9. The topological polar surface area (TPSA) is 88.3 Å². The molecule has 7 nitrogen and oxygen atoms in total. The van der Waals surface area contributed by atoms with Gasteiger partial charge in [-0.05, 0) is 44.9 Å². The molecule has 3 aromatic rings. The fraction of sp³-hybridized carbons (Fsp3) is 0.391. The third kappa shape index (κ3) is 3.73. The smallest absolute Gasteiger partial charge is 0.244 e. The summed E-state index contributed by atoms with van der Waals surface area (Å²) in [6, 6.07) is 9.94. The summed E-state index contributed by atoms with van der Waals surface area (Å²) in [6.07, 6.45) is 1.90. The minimum Gasteiger partial charge on any atom is -0.391 e. The second kappa shape index (κ2) is 7.99. The van der Waals surface area contributed by atoms with Crippen molar-refractivity contribution in [2.24, 2.45) is 5.92 Å². The molecule has 156 valence electrons. The summed E-state index contributed by atoms with van der Waals surface area (Å²) in [4.78, 5) is 30.8. The Labute approximate surface area is 175 Å². The van der Waals surface area contributed by atoms with E-state index in [1.165, 1.54) is 6.92 Å². The number of aliphatic hydroxyl groups is 1. The molecule has 1 saturated heterocycles. The summed E-state index contributed by atoms with van der Waals surface area (Å²) in [7, 11) is 0. The zero-order valence-corrected chi connectivity index (χ0v) is 17.5. The number of hydrogen-bond donors (Lipinski definition) is 1. The number of benzene rings is 1. The van der Waals surface area contributed by atoms with Crippen molar-refractivity contribution in [1.82, 2.24) is 19.7 Å². The average Bonchev–Trinajstić information content (AvgIpc) is 3.21. The molecular formula is C23H26N4O3. The number of β-amino-alcohol motifs (C(OH)–C–C–N with tert-alkyl or cyclic N) is 1. The van der Waals surface area contributed by atoms with Gasteiger partial charge in [-0.2, -0.15) is 5.10 Å². The monoisotopic (exact) mass is 406 g/mol. The van der Waals surface area contributed by atoms with Crippen LogP contribution in [0.5, 0.6) is 0 Å². The van der Waals surface area contributed by atoms with Crippen LogP contribution in [0.3, 0.4) is 0 Å². The molecule has 3 heterocycles. The molecule has 0 radical (unpaired) electrons. The number of ketones is 1. The van der Waals surface area contributed by atoms with Gasteiger partial charge in [0.05, 0.1) is 22.9 Å². The maximum Gasteiger partial charge on any atom is 0.244 e. The molecule has 4 rings (SSSR count). The highest BCUT2D eigenvalue weighted by molar-refractivity contribution is 5.96. The molecule has 2 atom stereocenters. The highest BCUT2D eigenvalue weighted by Gasteiger charge is 2.34. The van der Waals surface area contributed by atoms with Gasteiger partial charge in [0.15, 0.2) is 5.78 Å². The Morgan fingerprint density at radius 3 is 2.67 bits per heavy atom. The molecule has 1 N–H and O–H groups in total. The number of fused-ring (bicyclic) bond motifs is 1. The van der Waals surface area contributed by atoms with Gasteiger partial charge in [-0.15, -0.1) is 0 Å². The Bertz CT molecular complexity index is 1120. The molecule has 2 aromatic heterocycles. The number of likely N-dealkylation sites (tertiary alicyclic amines) is 1. The number of carbonyl (C=O) groups is 2. The molecule has 0 aliphatic carbocycles. The van der Waals surface area contributed by atoms with Crippen LogP contribution in [0, 0.1) is 19.8 Å². The van der Waals surface area contributed by atoms with Crippen molar-refractivity contribution in [2.45, 2.75) is 39.8 Å². The fourth-order valence-electron chi connectivity index (χ4n) is 4.46. The average molecular weight is 406 g/mol. The number of para-hydroxylation sites is 1. The lowest BCUT2D eigenvalue weighted by atomic mass is 9.94. The van der Waals surface area contributed by atoms with Crippen molar-refractivity contribution in [3.8, 4) is 0 Å². The van der Waals surface area contributed by atoms with Gasteiger partial charge >= 0.3 is 0 Å². The molecule has 0 unspecified atom stereocenters. The number of Topliss-reactive ketones (excluding diaryl/α,β-unsaturated/α-hetero) is 1. The molecule has 7 heteroatoms. The van der Waals surface area contributed by atoms with Crippen LogP contribution in [0.15, 0.2) is 36.5 Å². The third-order valence-electron chi connectivity index (χ3n) is 6.00. The summed E-state index contributed by atoms with van der Waals surface area (Å²) in [5.74, 6) is -0.185. The Morgan fingerprint density at radius 2 is 1.93 bits per heavy atom. The molecular weight excluding hydrogens is 380 g/mol. The van der Waals surface area contributed by atoms with E-state index in [4.69, 9.17) is 0 Å². The van der Waals surface area contributed by atoms with Crippen molar-refractivity contribution >= 4 is 22.6 Å². The minimum atomic E-state index is -0.575. The van der Waals surface area contributed by atoms with E-state index in [0.29, 0.717) is 36.5 Å². The summed E-state index contributed by atoms with van der Waals surface area (Å²) >= 11 is 0. The van der Waals surface area contributed by atoms with Gasteiger partial charge in [0, 0.05) is 36.3 Å². The Kier molecular flexibility index (Phi) is 5.39. The lowest BCUT2D eigenvalue weighted by Crippen LogP contribution is -2.33. The zero-order valence-electron chi connectivity index (χ0n) is 17.5. The fourth-order valence-corrected chi connectivity index (χ4v) is 4.46. The first-order chi connectivity index (χ1) is 14.3. The van der Waals surface area contributed by atoms with Crippen molar-refractivity contribution in [2.75, 3.05) is 13.1 Å². The number of nitrogens with zero attached hydrogens (tertiary/aromatic N) is 4. The van der Waals surface area contributed by atoms with E-state index in [-0.39, 0.29) is 24.2 Å². The number of rotatable bonds is 5. The van der Waals surface area contributed by atoms with E-state index in [2.05, 4.69) is 10.1 Å². The van der Waals surface area contributed by atoms with Crippen LogP contribution in [-0.2, 0) is 17.8 Å². The van der Waals surface area contributed by atoms with E-state index in [1.807, 2.05) is 30.3 Å².